The lowest BCUT2D eigenvalue weighted by atomic mass is 10.1. The number of nitrogens with zero attached hydrogens (tertiary/aromatic N) is 1. The van der Waals surface area contributed by atoms with Crippen LogP contribution in [0, 0.1) is 0 Å². The van der Waals surface area contributed by atoms with Crippen LogP contribution in [0.1, 0.15) is 25.7 Å². The highest BCUT2D eigenvalue weighted by Gasteiger charge is 2.15. The normalized spacial score (nSPS) is 25.9. The summed E-state index contributed by atoms with van der Waals surface area (Å²) in [6.07, 6.45) is 5.86. The summed E-state index contributed by atoms with van der Waals surface area (Å²) in [5.74, 6) is 0. The quantitative estimate of drug-likeness (QED) is 0.842. The molecule has 0 aromatic rings. The molecule has 0 radical (unpaired) electrons. The minimum Gasteiger partial charge on any atom is -0.376 e. The molecule has 0 bridgehead atoms. The van der Waals surface area contributed by atoms with Crippen molar-refractivity contribution in [2.24, 2.45) is 0 Å². The van der Waals surface area contributed by atoms with Gasteiger partial charge in [-0.1, -0.05) is 6.42 Å². The van der Waals surface area contributed by atoms with E-state index in [1.165, 1.54) is 38.8 Å². The first kappa shape index (κ1) is 16.5. The molecule has 0 aromatic carbocycles. The summed E-state index contributed by atoms with van der Waals surface area (Å²) >= 11 is 0. The molecule has 0 aromatic heterocycles. The summed E-state index contributed by atoms with van der Waals surface area (Å²) in [5.41, 5.74) is 0. The molecule has 0 saturated carbocycles. The van der Waals surface area contributed by atoms with E-state index >= 15 is 0 Å². The van der Waals surface area contributed by atoms with Gasteiger partial charge < -0.3 is 15.0 Å². The fraction of sp³-hybridized carbons (Fsp3) is 1.00. The van der Waals surface area contributed by atoms with E-state index in [1.807, 2.05) is 0 Å². The van der Waals surface area contributed by atoms with Crippen molar-refractivity contribution in [3.05, 3.63) is 0 Å². The molecule has 2 aliphatic rings. The zero-order valence-electron chi connectivity index (χ0n) is 9.82. The second-order valence-corrected chi connectivity index (χ2v) is 4.39. The van der Waals surface area contributed by atoms with Crippen LogP contribution in [0.2, 0.25) is 0 Å². The summed E-state index contributed by atoms with van der Waals surface area (Å²) in [6.45, 7) is 6.82. The second kappa shape index (κ2) is 9.49. The molecule has 16 heavy (non-hydrogen) atoms. The average molecular weight is 271 g/mol. The van der Waals surface area contributed by atoms with Crippen molar-refractivity contribution in [2.75, 3.05) is 39.3 Å². The van der Waals surface area contributed by atoms with Gasteiger partial charge in [-0.15, -0.1) is 24.8 Å². The molecule has 2 saturated heterocycles. The van der Waals surface area contributed by atoms with E-state index in [0.717, 1.165) is 26.2 Å². The van der Waals surface area contributed by atoms with Gasteiger partial charge in [-0.3, -0.25) is 0 Å². The SMILES string of the molecule is C1CCN(CCOC2CCNC2)CC1.Cl.Cl. The highest BCUT2D eigenvalue weighted by molar-refractivity contribution is 5.85. The number of likely N-dealkylation sites (tertiary alicyclic amines) is 1. The maximum atomic E-state index is 5.80. The molecule has 1 atom stereocenters. The predicted molar refractivity (Wildman–Crippen MR) is 72.0 cm³/mol. The van der Waals surface area contributed by atoms with E-state index in [0.29, 0.717) is 6.10 Å². The Hall–Kier alpha value is 0.460. The molecule has 2 heterocycles. The molecular formula is C11H24Cl2N2O. The van der Waals surface area contributed by atoms with Crippen molar-refractivity contribution in [3.63, 3.8) is 0 Å². The monoisotopic (exact) mass is 270 g/mol. The molecule has 0 amide bonds. The number of hydrogen-bond donors (Lipinski definition) is 1. The standard InChI is InChI=1S/C11H22N2O.2ClH/c1-2-6-13(7-3-1)8-9-14-11-4-5-12-10-11;;/h11-12H,1-10H2;2*1H. The van der Waals surface area contributed by atoms with Crippen LogP contribution in [-0.2, 0) is 4.74 Å². The van der Waals surface area contributed by atoms with E-state index in [1.54, 1.807) is 0 Å². The number of hydrogen-bond acceptors (Lipinski definition) is 3. The molecule has 2 fully saturated rings. The zero-order chi connectivity index (χ0) is 9.64. The third kappa shape index (κ3) is 5.69. The maximum Gasteiger partial charge on any atom is 0.0712 e. The largest absolute Gasteiger partial charge is 0.376 e. The molecule has 98 valence electrons. The van der Waals surface area contributed by atoms with Crippen LogP contribution in [0.3, 0.4) is 0 Å². The second-order valence-electron chi connectivity index (χ2n) is 4.39. The molecule has 1 unspecified atom stereocenters. The van der Waals surface area contributed by atoms with Crippen molar-refractivity contribution < 1.29 is 4.74 Å². The van der Waals surface area contributed by atoms with Crippen molar-refractivity contribution in [1.29, 1.82) is 0 Å². The molecule has 5 heteroatoms. The van der Waals surface area contributed by atoms with Gasteiger partial charge in [-0.05, 0) is 38.9 Å². The van der Waals surface area contributed by atoms with Gasteiger partial charge >= 0.3 is 0 Å². The third-order valence-electron chi connectivity index (χ3n) is 3.22. The van der Waals surface area contributed by atoms with Gasteiger partial charge in [0.2, 0.25) is 0 Å². The minimum atomic E-state index is 0. The lowest BCUT2D eigenvalue weighted by Crippen LogP contribution is -2.33. The van der Waals surface area contributed by atoms with Crippen LogP contribution in [0.5, 0.6) is 0 Å². The van der Waals surface area contributed by atoms with Crippen molar-refractivity contribution >= 4 is 24.8 Å². The van der Waals surface area contributed by atoms with Gasteiger partial charge in [0.15, 0.2) is 0 Å². The van der Waals surface area contributed by atoms with Crippen LogP contribution in [-0.4, -0.2) is 50.3 Å². The lowest BCUT2D eigenvalue weighted by Gasteiger charge is -2.26. The lowest BCUT2D eigenvalue weighted by molar-refractivity contribution is 0.0458. The first-order valence-corrected chi connectivity index (χ1v) is 6.00. The third-order valence-corrected chi connectivity index (χ3v) is 3.22. The zero-order valence-corrected chi connectivity index (χ0v) is 11.5. The molecule has 2 rings (SSSR count). The van der Waals surface area contributed by atoms with E-state index in [4.69, 9.17) is 4.74 Å². The Kier molecular flexibility index (Phi) is 9.76. The summed E-state index contributed by atoms with van der Waals surface area (Å²) < 4.78 is 5.80. The summed E-state index contributed by atoms with van der Waals surface area (Å²) in [7, 11) is 0. The number of rotatable bonds is 4. The first-order chi connectivity index (χ1) is 6.95. The van der Waals surface area contributed by atoms with Gasteiger partial charge in [-0.25, -0.2) is 0 Å². The first-order valence-electron chi connectivity index (χ1n) is 6.00. The number of halogens is 2. The molecule has 2 aliphatic heterocycles. The Bertz CT molecular complexity index is 160. The highest BCUT2D eigenvalue weighted by Crippen LogP contribution is 2.08. The van der Waals surface area contributed by atoms with Gasteiger partial charge in [0.1, 0.15) is 0 Å². The number of nitrogens with one attached hydrogen (secondary N) is 1. The Morgan fingerprint density at radius 2 is 1.88 bits per heavy atom. The Labute approximate surface area is 111 Å². The van der Waals surface area contributed by atoms with E-state index in [-0.39, 0.29) is 24.8 Å². The number of piperidine rings is 1. The smallest absolute Gasteiger partial charge is 0.0712 e. The average Bonchev–Trinajstić information content (AvgIpc) is 2.72. The Morgan fingerprint density at radius 1 is 1.12 bits per heavy atom. The van der Waals surface area contributed by atoms with Crippen LogP contribution < -0.4 is 5.32 Å². The van der Waals surface area contributed by atoms with Gasteiger partial charge in [0, 0.05) is 13.1 Å². The summed E-state index contributed by atoms with van der Waals surface area (Å²) in [4.78, 5) is 2.53. The van der Waals surface area contributed by atoms with Crippen molar-refractivity contribution in [3.8, 4) is 0 Å². The van der Waals surface area contributed by atoms with Crippen molar-refractivity contribution in [1.82, 2.24) is 10.2 Å². The highest BCUT2D eigenvalue weighted by atomic mass is 35.5. The molecule has 0 aliphatic carbocycles. The fourth-order valence-corrected chi connectivity index (χ4v) is 2.30. The van der Waals surface area contributed by atoms with Crippen molar-refractivity contribution in [2.45, 2.75) is 31.8 Å². The van der Waals surface area contributed by atoms with Gasteiger partial charge in [-0.2, -0.15) is 0 Å². The summed E-state index contributed by atoms with van der Waals surface area (Å²) in [5, 5.41) is 3.32. The van der Waals surface area contributed by atoms with E-state index in [2.05, 4.69) is 10.2 Å². The molecular weight excluding hydrogens is 247 g/mol. The van der Waals surface area contributed by atoms with Crippen LogP contribution in [0.15, 0.2) is 0 Å². The van der Waals surface area contributed by atoms with E-state index in [9.17, 15) is 0 Å². The number of ether oxygens (including phenoxy) is 1. The topological polar surface area (TPSA) is 24.5 Å². The van der Waals surface area contributed by atoms with Crippen LogP contribution in [0.25, 0.3) is 0 Å². The Balaban J connectivity index is 0.00000112. The summed E-state index contributed by atoms with van der Waals surface area (Å²) in [6, 6.07) is 0. The van der Waals surface area contributed by atoms with Crippen LogP contribution in [0.4, 0.5) is 0 Å². The van der Waals surface area contributed by atoms with Gasteiger partial charge in [0.05, 0.1) is 12.7 Å². The fourth-order valence-electron chi connectivity index (χ4n) is 2.30. The van der Waals surface area contributed by atoms with Gasteiger partial charge in [0.25, 0.3) is 0 Å². The molecule has 0 spiro atoms. The molecule has 1 N–H and O–H groups in total. The predicted octanol–water partition coefficient (Wildman–Crippen LogP) is 1.69. The van der Waals surface area contributed by atoms with Crippen LogP contribution >= 0.6 is 24.8 Å². The molecule has 3 nitrogen and oxygen atoms in total. The Morgan fingerprint density at radius 3 is 2.50 bits per heavy atom. The van der Waals surface area contributed by atoms with E-state index < -0.39 is 0 Å². The maximum absolute atomic E-state index is 5.80. The minimum absolute atomic E-state index is 0.